The standard InChI is InChI=1S/C42H26O/c1-2-13-35-33(11-1)34-12-3-4-14-36(34)39-26-30(23-24-37(35)39)28-21-19-27(20-22-28)29-9-7-10-31(25-29)32-16-8-18-41-42(32)38-15-5-6-17-40(38)43-41/h1-26H/i1D,2D,3D,4D,5D,6D,7D,8D,9D,10D,11D,12D,13D,14D,15D,16D,17D,18D,19D,20D,21D,22D,23D,24D,25D,26D. The molecule has 0 aliphatic carbocycles. The second-order valence-electron chi connectivity index (χ2n) is 9.26. The molecule has 0 aliphatic heterocycles. The Hall–Kier alpha value is -5.66. The molecule has 8 aromatic carbocycles. The molecule has 0 amide bonds. The van der Waals surface area contributed by atoms with Gasteiger partial charge in [-0.05, 0) is 89.9 Å². The van der Waals surface area contributed by atoms with E-state index in [1.807, 2.05) is 0 Å². The van der Waals surface area contributed by atoms with Crippen molar-refractivity contribution in [2.24, 2.45) is 0 Å². The van der Waals surface area contributed by atoms with E-state index in [0.717, 1.165) is 0 Å². The van der Waals surface area contributed by atoms with Crippen LogP contribution < -0.4 is 0 Å². The molecule has 1 heteroatoms. The number of rotatable bonds is 3. The van der Waals surface area contributed by atoms with Gasteiger partial charge in [0.2, 0.25) is 0 Å². The fourth-order valence-corrected chi connectivity index (χ4v) is 4.98. The second kappa shape index (κ2) is 9.44. The van der Waals surface area contributed by atoms with Crippen molar-refractivity contribution in [3.63, 3.8) is 0 Å². The molecule has 0 unspecified atom stereocenters. The lowest BCUT2D eigenvalue weighted by molar-refractivity contribution is 0.669. The molecule has 0 saturated heterocycles. The first-order valence-corrected chi connectivity index (χ1v) is 12.7. The minimum absolute atomic E-state index is 0.415. The zero-order chi connectivity index (χ0) is 51.0. The van der Waals surface area contributed by atoms with E-state index in [0.29, 0.717) is 0 Å². The summed E-state index contributed by atoms with van der Waals surface area (Å²) in [5, 5.41) is -3.81. The highest BCUT2D eigenvalue weighted by Gasteiger charge is 2.13. The smallest absolute Gasteiger partial charge is 0.136 e. The van der Waals surface area contributed by atoms with E-state index in [9.17, 15) is 11.0 Å². The lowest BCUT2D eigenvalue weighted by Crippen LogP contribution is -1.86. The topological polar surface area (TPSA) is 13.1 Å². The van der Waals surface area contributed by atoms with Gasteiger partial charge in [-0.3, -0.25) is 0 Å². The summed E-state index contributed by atoms with van der Waals surface area (Å²) >= 11 is 0. The summed E-state index contributed by atoms with van der Waals surface area (Å²) < 4.78 is 236. The summed E-state index contributed by atoms with van der Waals surface area (Å²) in [6.45, 7) is 0. The average Bonchev–Trinajstić information content (AvgIpc) is 3.72. The van der Waals surface area contributed by atoms with Crippen LogP contribution in [0.25, 0.3) is 87.6 Å². The summed E-state index contributed by atoms with van der Waals surface area (Å²) in [5.41, 5.74) is -5.74. The fourth-order valence-electron chi connectivity index (χ4n) is 4.98. The van der Waals surface area contributed by atoms with E-state index < -0.39 is 245 Å². The van der Waals surface area contributed by atoms with Gasteiger partial charge in [-0.1, -0.05) is 133 Å². The number of hydrogen-bond donors (Lipinski definition) is 0. The lowest BCUT2D eigenvalue weighted by Gasteiger charge is -2.12. The Balaban J connectivity index is 1.42. The maximum atomic E-state index is 9.55. The van der Waals surface area contributed by atoms with Crippen LogP contribution in [0.3, 0.4) is 0 Å². The first-order valence-electron chi connectivity index (χ1n) is 25.7. The summed E-state index contributed by atoms with van der Waals surface area (Å²) in [4.78, 5) is 0. The molecule has 0 N–H and O–H groups in total. The Morgan fingerprint density at radius 3 is 1.51 bits per heavy atom. The van der Waals surface area contributed by atoms with Gasteiger partial charge in [-0.2, -0.15) is 0 Å². The van der Waals surface area contributed by atoms with Crippen molar-refractivity contribution in [3.8, 4) is 33.4 Å². The van der Waals surface area contributed by atoms with Crippen LogP contribution in [0.5, 0.6) is 0 Å². The number of fused-ring (bicyclic) bond motifs is 9. The quantitative estimate of drug-likeness (QED) is 0.192. The normalized spacial score (nSPS) is 20.2. The van der Waals surface area contributed by atoms with Crippen molar-refractivity contribution in [2.45, 2.75) is 0 Å². The zero-order valence-corrected chi connectivity index (χ0v) is 21.4. The number of para-hydroxylation sites is 1. The third kappa shape index (κ3) is 3.79. The third-order valence-electron chi connectivity index (χ3n) is 6.89. The van der Waals surface area contributed by atoms with Crippen LogP contribution in [-0.2, 0) is 0 Å². The summed E-state index contributed by atoms with van der Waals surface area (Å²) in [7, 11) is 0. The van der Waals surface area contributed by atoms with Crippen LogP contribution in [0, 0.1) is 0 Å². The molecular weight excluding hydrogens is 520 g/mol. The molecule has 0 saturated carbocycles. The molecule has 1 aromatic heterocycles. The Bertz CT molecular complexity index is 3890. The highest BCUT2D eigenvalue weighted by Crippen LogP contribution is 2.39. The molecule has 0 atom stereocenters. The van der Waals surface area contributed by atoms with Gasteiger partial charge in [-0.15, -0.1) is 0 Å². The second-order valence-corrected chi connectivity index (χ2v) is 9.26. The van der Waals surface area contributed by atoms with Crippen LogP contribution in [-0.4, -0.2) is 0 Å². The van der Waals surface area contributed by atoms with E-state index in [1.54, 1.807) is 0 Å². The maximum absolute atomic E-state index is 9.55. The van der Waals surface area contributed by atoms with Crippen molar-refractivity contribution < 1.29 is 40.1 Å². The predicted molar refractivity (Wildman–Crippen MR) is 183 cm³/mol. The van der Waals surface area contributed by atoms with Crippen molar-refractivity contribution in [1.82, 2.24) is 0 Å². The number of benzene rings is 8. The van der Waals surface area contributed by atoms with Crippen LogP contribution in [0.2, 0.25) is 0 Å². The molecule has 1 heterocycles. The Kier molecular flexibility index (Phi) is 2.13. The number of furan rings is 1. The summed E-state index contributed by atoms with van der Waals surface area (Å²) in [6.07, 6.45) is 0. The van der Waals surface area contributed by atoms with Crippen molar-refractivity contribution in [1.29, 1.82) is 0 Å². The monoisotopic (exact) mass is 572 g/mol. The highest BCUT2D eigenvalue weighted by atomic mass is 16.3. The largest absolute Gasteiger partial charge is 0.456 e. The van der Waals surface area contributed by atoms with Gasteiger partial charge in [0.15, 0.2) is 0 Å². The van der Waals surface area contributed by atoms with E-state index in [-0.39, 0.29) is 0 Å². The van der Waals surface area contributed by atoms with Crippen LogP contribution in [0.4, 0.5) is 0 Å². The Morgan fingerprint density at radius 2 is 0.814 bits per heavy atom. The molecule has 1 nitrogen and oxygen atoms in total. The van der Waals surface area contributed by atoms with Crippen LogP contribution >= 0.6 is 0 Å². The van der Waals surface area contributed by atoms with Gasteiger partial charge in [0.05, 0.1) is 35.6 Å². The molecule has 0 fully saturated rings. The van der Waals surface area contributed by atoms with Gasteiger partial charge < -0.3 is 4.42 Å². The van der Waals surface area contributed by atoms with Crippen molar-refractivity contribution in [2.75, 3.05) is 0 Å². The first-order chi connectivity index (χ1) is 32.2. The summed E-state index contributed by atoms with van der Waals surface area (Å²) in [5.74, 6) is 0. The molecule has 0 aliphatic rings. The maximum Gasteiger partial charge on any atom is 0.136 e. The Morgan fingerprint density at radius 1 is 0.326 bits per heavy atom. The van der Waals surface area contributed by atoms with Crippen LogP contribution in [0.15, 0.2) is 162 Å². The summed E-state index contributed by atoms with van der Waals surface area (Å²) in [6, 6.07) is -22.7. The van der Waals surface area contributed by atoms with Gasteiger partial charge in [0.1, 0.15) is 11.2 Å². The molecule has 200 valence electrons. The third-order valence-corrected chi connectivity index (χ3v) is 6.89. The van der Waals surface area contributed by atoms with Crippen molar-refractivity contribution in [3.05, 3.63) is 157 Å². The van der Waals surface area contributed by atoms with Gasteiger partial charge in [0, 0.05) is 10.8 Å². The molecule has 43 heavy (non-hydrogen) atoms. The highest BCUT2D eigenvalue weighted by molar-refractivity contribution is 6.25. The number of hydrogen-bond acceptors (Lipinski definition) is 1. The molecule has 9 aromatic rings. The molecular formula is C42H26O. The molecule has 9 rings (SSSR count). The zero-order valence-electron chi connectivity index (χ0n) is 47.4. The molecule has 0 radical (unpaired) electrons. The minimum Gasteiger partial charge on any atom is -0.456 e. The van der Waals surface area contributed by atoms with E-state index in [4.69, 9.17) is 29.1 Å². The average molecular weight is 573 g/mol. The van der Waals surface area contributed by atoms with E-state index in [2.05, 4.69) is 0 Å². The fraction of sp³-hybridized carbons (Fsp3) is 0. The Labute approximate surface area is 285 Å². The molecule has 0 spiro atoms. The SMILES string of the molecule is [2H]c1c([2H])c(-c2c([2H])c([2H])c(-c3c([2H])c([2H])c4c5c([2H])c([2H])c([2H])c([2H])c5c5c([2H])c([2H])c([2H])c([2H])c5c4c3[2H])c([2H])c2[2H])c([2H])c(-c2c([2H])c([2H])c([2H])c3oc4c([2H])c([2H])c([2H])c([2H])c4c23)c1[2H]. The van der Waals surface area contributed by atoms with Gasteiger partial charge in [-0.25, -0.2) is 0 Å². The minimum atomic E-state index is -1.07. The van der Waals surface area contributed by atoms with Gasteiger partial charge in [0.25, 0.3) is 0 Å². The van der Waals surface area contributed by atoms with E-state index >= 15 is 0 Å². The predicted octanol–water partition coefficient (Wildman–Crippen LogP) is 12.0. The lowest BCUT2D eigenvalue weighted by atomic mass is 9.91. The van der Waals surface area contributed by atoms with Gasteiger partial charge >= 0.3 is 0 Å². The first kappa shape index (κ1) is 9.69. The van der Waals surface area contributed by atoms with Crippen molar-refractivity contribution >= 4 is 54.3 Å². The van der Waals surface area contributed by atoms with Crippen LogP contribution in [0.1, 0.15) is 35.6 Å². The van der Waals surface area contributed by atoms with E-state index in [1.165, 1.54) is 0 Å². The molecule has 0 bridgehead atoms.